The van der Waals surface area contributed by atoms with Crippen molar-refractivity contribution >= 4 is 17.5 Å². The first-order valence-corrected chi connectivity index (χ1v) is 7.28. The smallest absolute Gasteiger partial charge is 0.251 e. The molecule has 1 aromatic rings. The Bertz CT molecular complexity index is 461. The van der Waals surface area contributed by atoms with Gasteiger partial charge < -0.3 is 11.1 Å². The second-order valence-corrected chi connectivity index (χ2v) is 5.75. The van der Waals surface area contributed by atoms with Crippen molar-refractivity contribution in [2.45, 2.75) is 51.1 Å². The Labute approximate surface area is 119 Å². The number of hydrogen-bond donors (Lipinski definition) is 2. The van der Waals surface area contributed by atoms with Gasteiger partial charge in [-0.25, -0.2) is 0 Å². The SMILES string of the molecule is Cc1cc(C(=O)NC2CCCCCC2N)ccc1Cl. The van der Waals surface area contributed by atoms with E-state index in [1.165, 1.54) is 6.42 Å². The fourth-order valence-corrected chi connectivity index (χ4v) is 2.67. The molecule has 1 amide bonds. The van der Waals surface area contributed by atoms with Gasteiger partial charge in [0.2, 0.25) is 0 Å². The van der Waals surface area contributed by atoms with Crippen LogP contribution in [0.2, 0.25) is 5.02 Å². The van der Waals surface area contributed by atoms with Crippen molar-refractivity contribution in [2.75, 3.05) is 0 Å². The topological polar surface area (TPSA) is 55.1 Å². The van der Waals surface area contributed by atoms with Crippen LogP contribution in [0, 0.1) is 6.92 Å². The Kier molecular flexibility index (Phi) is 4.83. The molecule has 2 rings (SSSR count). The van der Waals surface area contributed by atoms with Crippen LogP contribution in [0.3, 0.4) is 0 Å². The Morgan fingerprint density at radius 1 is 1.32 bits per heavy atom. The number of aryl methyl sites for hydroxylation is 1. The van der Waals surface area contributed by atoms with E-state index in [0.717, 1.165) is 31.2 Å². The molecule has 0 spiro atoms. The van der Waals surface area contributed by atoms with E-state index < -0.39 is 0 Å². The van der Waals surface area contributed by atoms with Crippen LogP contribution in [-0.4, -0.2) is 18.0 Å². The lowest BCUT2D eigenvalue weighted by molar-refractivity contribution is 0.0928. The summed E-state index contributed by atoms with van der Waals surface area (Å²) in [4.78, 5) is 12.2. The molecule has 104 valence electrons. The van der Waals surface area contributed by atoms with E-state index in [2.05, 4.69) is 5.32 Å². The average Bonchev–Trinajstić information content (AvgIpc) is 2.58. The first-order chi connectivity index (χ1) is 9.08. The predicted molar refractivity (Wildman–Crippen MR) is 78.5 cm³/mol. The molecule has 4 heteroatoms. The number of halogens is 1. The lowest BCUT2D eigenvalue weighted by Crippen LogP contribution is -2.46. The molecule has 0 aliphatic heterocycles. The molecule has 0 aromatic heterocycles. The number of benzene rings is 1. The fourth-order valence-electron chi connectivity index (χ4n) is 2.55. The van der Waals surface area contributed by atoms with Crippen LogP contribution in [0.25, 0.3) is 0 Å². The summed E-state index contributed by atoms with van der Waals surface area (Å²) in [7, 11) is 0. The summed E-state index contributed by atoms with van der Waals surface area (Å²) in [5.41, 5.74) is 7.69. The fraction of sp³-hybridized carbons (Fsp3) is 0.533. The van der Waals surface area contributed by atoms with Crippen LogP contribution < -0.4 is 11.1 Å². The lowest BCUT2D eigenvalue weighted by atomic mass is 10.0. The summed E-state index contributed by atoms with van der Waals surface area (Å²) in [5.74, 6) is -0.0536. The van der Waals surface area contributed by atoms with Gasteiger partial charge >= 0.3 is 0 Å². The minimum atomic E-state index is -0.0536. The molecule has 1 aromatic carbocycles. The molecular formula is C15H21ClN2O. The Morgan fingerprint density at radius 2 is 2.05 bits per heavy atom. The largest absolute Gasteiger partial charge is 0.348 e. The minimum Gasteiger partial charge on any atom is -0.348 e. The zero-order valence-corrected chi connectivity index (χ0v) is 12.0. The van der Waals surface area contributed by atoms with Crippen molar-refractivity contribution in [3.8, 4) is 0 Å². The third-order valence-corrected chi connectivity index (χ3v) is 4.23. The molecule has 1 fully saturated rings. The lowest BCUT2D eigenvalue weighted by Gasteiger charge is -2.22. The van der Waals surface area contributed by atoms with Gasteiger partial charge in [0.15, 0.2) is 0 Å². The van der Waals surface area contributed by atoms with Gasteiger partial charge in [-0.3, -0.25) is 4.79 Å². The Morgan fingerprint density at radius 3 is 2.79 bits per heavy atom. The molecule has 1 aliphatic carbocycles. The maximum Gasteiger partial charge on any atom is 0.251 e. The van der Waals surface area contributed by atoms with Gasteiger partial charge in [-0.15, -0.1) is 0 Å². The molecule has 3 nitrogen and oxygen atoms in total. The van der Waals surface area contributed by atoms with Crippen molar-refractivity contribution < 1.29 is 4.79 Å². The van der Waals surface area contributed by atoms with E-state index in [1.807, 2.05) is 13.0 Å². The van der Waals surface area contributed by atoms with E-state index in [9.17, 15) is 4.79 Å². The normalized spacial score (nSPS) is 23.7. The predicted octanol–water partition coefficient (Wildman–Crippen LogP) is 3.04. The zero-order chi connectivity index (χ0) is 13.8. The summed E-state index contributed by atoms with van der Waals surface area (Å²) < 4.78 is 0. The molecule has 3 N–H and O–H groups in total. The Hall–Kier alpha value is -1.06. The van der Waals surface area contributed by atoms with Crippen molar-refractivity contribution in [2.24, 2.45) is 5.73 Å². The third kappa shape index (κ3) is 3.71. The van der Waals surface area contributed by atoms with Crippen LogP contribution in [-0.2, 0) is 0 Å². The number of nitrogens with one attached hydrogen (secondary N) is 1. The van der Waals surface area contributed by atoms with Crippen molar-refractivity contribution in [3.05, 3.63) is 34.3 Å². The molecule has 1 aliphatic rings. The molecule has 2 atom stereocenters. The molecule has 0 saturated heterocycles. The monoisotopic (exact) mass is 280 g/mol. The van der Waals surface area contributed by atoms with Crippen molar-refractivity contribution in [3.63, 3.8) is 0 Å². The maximum atomic E-state index is 12.2. The number of hydrogen-bond acceptors (Lipinski definition) is 2. The zero-order valence-electron chi connectivity index (χ0n) is 11.3. The van der Waals surface area contributed by atoms with Crippen molar-refractivity contribution in [1.29, 1.82) is 0 Å². The van der Waals surface area contributed by atoms with Crippen LogP contribution in [0.1, 0.15) is 48.0 Å². The highest BCUT2D eigenvalue weighted by atomic mass is 35.5. The second kappa shape index (κ2) is 6.40. The van der Waals surface area contributed by atoms with E-state index >= 15 is 0 Å². The van der Waals surface area contributed by atoms with E-state index in [4.69, 9.17) is 17.3 Å². The molecule has 1 saturated carbocycles. The third-order valence-electron chi connectivity index (χ3n) is 3.81. The highest BCUT2D eigenvalue weighted by Crippen LogP contribution is 2.19. The maximum absolute atomic E-state index is 12.2. The molecule has 2 unspecified atom stereocenters. The standard InChI is InChI=1S/C15H21ClN2O/c1-10-9-11(7-8-12(10)16)15(19)18-14-6-4-2-3-5-13(14)17/h7-9,13-14H,2-6,17H2,1H3,(H,18,19). The summed E-state index contributed by atoms with van der Waals surface area (Å²) in [6.45, 7) is 1.90. The molecule has 0 heterocycles. The molecule has 0 radical (unpaired) electrons. The van der Waals surface area contributed by atoms with Gasteiger partial charge in [0, 0.05) is 22.7 Å². The van der Waals surface area contributed by atoms with Gasteiger partial charge in [-0.05, 0) is 43.5 Å². The quantitative estimate of drug-likeness (QED) is 0.818. The van der Waals surface area contributed by atoms with E-state index in [0.29, 0.717) is 10.6 Å². The second-order valence-electron chi connectivity index (χ2n) is 5.35. The number of rotatable bonds is 2. The van der Waals surface area contributed by atoms with Gasteiger partial charge in [0.05, 0.1) is 0 Å². The van der Waals surface area contributed by atoms with Gasteiger partial charge in [-0.2, -0.15) is 0 Å². The van der Waals surface area contributed by atoms with Gasteiger partial charge in [-0.1, -0.05) is 30.9 Å². The van der Waals surface area contributed by atoms with Crippen LogP contribution in [0.4, 0.5) is 0 Å². The number of carbonyl (C=O) groups is 1. The van der Waals surface area contributed by atoms with Crippen LogP contribution >= 0.6 is 11.6 Å². The summed E-state index contributed by atoms with van der Waals surface area (Å²) in [6.07, 6.45) is 5.47. The Balaban J connectivity index is 2.05. The highest BCUT2D eigenvalue weighted by Gasteiger charge is 2.22. The summed E-state index contributed by atoms with van der Waals surface area (Å²) in [5, 5.41) is 3.75. The van der Waals surface area contributed by atoms with Gasteiger partial charge in [0.25, 0.3) is 5.91 Å². The molecular weight excluding hydrogens is 260 g/mol. The first-order valence-electron chi connectivity index (χ1n) is 6.90. The number of nitrogens with two attached hydrogens (primary N) is 1. The summed E-state index contributed by atoms with van der Waals surface area (Å²) in [6, 6.07) is 5.50. The van der Waals surface area contributed by atoms with E-state index in [1.54, 1.807) is 12.1 Å². The van der Waals surface area contributed by atoms with Crippen LogP contribution in [0.5, 0.6) is 0 Å². The first kappa shape index (κ1) is 14.4. The average molecular weight is 281 g/mol. The number of carbonyl (C=O) groups excluding carboxylic acids is 1. The molecule has 0 bridgehead atoms. The van der Waals surface area contributed by atoms with Gasteiger partial charge in [0.1, 0.15) is 0 Å². The van der Waals surface area contributed by atoms with E-state index in [-0.39, 0.29) is 18.0 Å². The summed E-state index contributed by atoms with van der Waals surface area (Å²) >= 11 is 5.97. The minimum absolute atomic E-state index is 0.0536. The molecule has 19 heavy (non-hydrogen) atoms. The highest BCUT2D eigenvalue weighted by molar-refractivity contribution is 6.31. The van der Waals surface area contributed by atoms with Crippen molar-refractivity contribution in [1.82, 2.24) is 5.32 Å². The number of amides is 1. The van der Waals surface area contributed by atoms with Crippen LogP contribution in [0.15, 0.2) is 18.2 Å².